The van der Waals surface area contributed by atoms with Crippen LogP contribution in [0.25, 0.3) is 0 Å². The molecule has 0 aromatic carbocycles. The molecule has 5 nitrogen and oxygen atoms in total. The first-order valence-electron chi connectivity index (χ1n) is 4.78. The highest BCUT2D eigenvalue weighted by Gasteiger charge is 2.37. The van der Waals surface area contributed by atoms with E-state index in [1.165, 1.54) is 4.90 Å². The highest BCUT2D eigenvalue weighted by atomic mass is 16.4. The van der Waals surface area contributed by atoms with Gasteiger partial charge in [-0.15, -0.1) is 6.58 Å². The van der Waals surface area contributed by atoms with Gasteiger partial charge in [0, 0.05) is 25.1 Å². The molecule has 1 aliphatic rings. The van der Waals surface area contributed by atoms with Crippen molar-refractivity contribution in [2.24, 2.45) is 0 Å². The highest BCUT2D eigenvalue weighted by molar-refractivity contribution is 6.08. The lowest BCUT2D eigenvalue weighted by molar-refractivity contribution is -0.146. The molecule has 0 saturated carbocycles. The van der Waals surface area contributed by atoms with Gasteiger partial charge in [0.2, 0.25) is 5.91 Å². The van der Waals surface area contributed by atoms with E-state index in [-0.39, 0.29) is 18.0 Å². The van der Waals surface area contributed by atoms with E-state index in [0.29, 0.717) is 19.4 Å². The van der Waals surface area contributed by atoms with Gasteiger partial charge in [0.15, 0.2) is 6.04 Å². The zero-order chi connectivity index (χ0) is 11.4. The third kappa shape index (κ3) is 2.43. The van der Waals surface area contributed by atoms with Crippen LogP contribution >= 0.6 is 0 Å². The molecule has 1 amide bonds. The summed E-state index contributed by atoms with van der Waals surface area (Å²) in [5.41, 5.74) is 0.106. The van der Waals surface area contributed by atoms with Crippen molar-refractivity contribution in [1.29, 1.82) is 5.41 Å². The first-order chi connectivity index (χ1) is 7.07. The molecule has 1 rings (SSSR count). The summed E-state index contributed by atoms with van der Waals surface area (Å²) in [5.74, 6) is -1.34. The molecule has 0 bridgehead atoms. The fourth-order valence-corrected chi connectivity index (χ4v) is 1.62. The van der Waals surface area contributed by atoms with Crippen LogP contribution < -0.4 is 0 Å². The summed E-state index contributed by atoms with van der Waals surface area (Å²) in [7, 11) is 0. The summed E-state index contributed by atoms with van der Waals surface area (Å²) >= 11 is 0. The molecule has 1 heterocycles. The second-order valence-electron chi connectivity index (χ2n) is 3.43. The molecular weight excluding hydrogens is 196 g/mol. The maximum absolute atomic E-state index is 11.6. The van der Waals surface area contributed by atoms with Crippen molar-refractivity contribution in [1.82, 2.24) is 4.90 Å². The number of amides is 1. The maximum Gasteiger partial charge on any atom is 0.332 e. The molecule has 2 N–H and O–H groups in total. The maximum atomic E-state index is 11.6. The first-order valence-corrected chi connectivity index (χ1v) is 4.78. The fourth-order valence-electron chi connectivity index (χ4n) is 1.62. The number of nitrogens with zero attached hydrogens (tertiary/aromatic N) is 1. The van der Waals surface area contributed by atoms with Crippen LogP contribution in [-0.2, 0) is 9.59 Å². The molecule has 15 heavy (non-hydrogen) atoms. The predicted octanol–water partition coefficient (Wildman–Crippen LogP) is 0.658. The number of hydrogen-bond acceptors (Lipinski definition) is 3. The SMILES string of the molecule is C=CCCC(=O)N1CCC(=N)C1C(=O)O. The van der Waals surface area contributed by atoms with E-state index >= 15 is 0 Å². The molecule has 0 aromatic rings. The topological polar surface area (TPSA) is 81.5 Å². The predicted molar refractivity (Wildman–Crippen MR) is 54.9 cm³/mol. The Balaban J connectivity index is 2.68. The molecule has 1 aliphatic heterocycles. The Labute approximate surface area is 87.9 Å². The number of nitrogens with one attached hydrogen (secondary N) is 1. The van der Waals surface area contributed by atoms with Gasteiger partial charge in [0.1, 0.15) is 0 Å². The van der Waals surface area contributed by atoms with Crippen LogP contribution in [0.2, 0.25) is 0 Å². The molecule has 1 atom stereocenters. The van der Waals surface area contributed by atoms with Gasteiger partial charge >= 0.3 is 5.97 Å². The summed E-state index contributed by atoms with van der Waals surface area (Å²) < 4.78 is 0. The minimum absolute atomic E-state index is 0.106. The van der Waals surface area contributed by atoms with Crippen LogP contribution in [0.1, 0.15) is 19.3 Å². The van der Waals surface area contributed by atoms with E-state index in [0.717, 1.165) is 0 Å². The van der Waals surface area contributed by atoms with E-state index in [1.807, 2.05) is 0 Å². The number of carboxylic acid groups (broad SMARTS) is 1. The monoisotopic (exact) mass is 210 g/mol. The van der Waals surface area contributed by atoms with Crippen molar-refractivity contribution in [3.63, 3.8) is 0 Å². The van der Waals surface area contributed by atoms with Crippen molar-refractivity contribution < 1.29 is 14.7 Å². The average molecular weight is 210 g/mol. The van der Waals surface area contributed by atoms with Crippen molar-refractivity contribution >= 4 is 17.6 Å². The van der Waals surface area contributed by atoms with Gasteiger partial charge in [-0.05, 0) is 6.42 Å². The van der Waals surface area contributed by atoms with E-state index in [4.69, 9.17) is 10.5 Å². The normalized spacial score (nSPS) is 20.4. The smallest absolute Gasteiger partial charge is 0.332 e. The molecule has 5 heteroatoms. The highest BCUT2D eigenvalue weighted by Crippen LogP contribution is 2.16. The van der Waals surface area contributed by atoms with Gasteiger partial charge in [0.25, 0.3) is 0 Å². The molecule has 1 fully saturated rings. The minimum atomic E-state index is -1.12. The van der Waals surface area contributed by atoms with Crippen LogP contribution in [0.5, 0.6) is 0 Å². The molecule has 0 radical (unpaired) electrons. The summed E-state index contributed by atoms with van der Waals surface area (Å²) in [5, 5.41) is 16.3. The molecule has 1 saturated heterocycles. The summed E-state index contributed by atoms with van der Waals surface area (Å²) in [6.45, 7) is 3.84. The summed E-state index contributed by atoms with van der Waals surface area (Å²) in [4.78, 5) is 23.7. The van der Waals surface area contributed by atoms with E-state index < -0.39 is 12.0 Å². The number of carbonyl (C=O) groups is 2. The molecule has 82 valence electrons. The van der Waals surface area contributed by atoms with Crippen LogP contribution in [0, 0.1) is 5.41 Å². The van der Waals surface area contributed by atoms with Crippen LogP contribution in [-0.4, -0.2) is 40.2 Å². The van der Waals surface area contributed by atoms with Gasteiger partial charge in [-0.25, -0.2) is 4.79 Å². The number of carbonyl (C=O) groups excluding carboxylic acids is 1. The van der Waals surface area contributed by atoms with Gasteiger partial charge in [-0.1, -0.05) is 6.08 Å². The average Bonchev–Trinajstić information content (AvgIpc) is 2.56. The zero-order valence-electron chi connectivity index (χ0n) is 8.40. The summed E-state index contributed by atoms with van der Waals surface area (Å²) in [6, 6.07) is -1.05. The molecule has 0 spiro atoms. The number of likely N-dealkylation sites (tertiary alicyclic amines) is 1. The number of carboxylic acids is 1. The number of aliphatic carboxylic acids is 1. The Kier molecular flexibility index (Phi) is 3.60. The molecule has 1 unspecified atom stereocenters. The lowest BCUT2D eigenvalue weighted by Gasteiger charge is -2.20. The van der Waals surface area contributed by atoms with Gasteiger partial charge < -0.3 is 15.4 Å². The van der Waals surface area contributed by atoms with Crippen LogP contribution in [0.3, 0.4) is 0 Å². The van der Waals surface area contributed by atoms with Gasteiger partial charge in [0.05, 0.1) is 0 Å². The Bertz CT molecular complexity index is 312. The third-order valence-electron chi connectivity index (χ3n) is 2.38. The van der Waals surface area contributed by atoms with Crippen molar-refractivity contribution in [3.8, 4) is 0 Å². The standard InChI is InChI=1S/C10H14N2O3/c1-2-3-4-8(13)12-6-5-7(11)9(12)10(14)15/h2,9,11H,1,3-6H2,(H,14,15). The molecule has 0 aromatic heterocycles. The van der Waals surface area contributed by atoms with E-state index in [2.05, 4.69) is 6.58 Å². The largest absolute Gasteiger partial charge is 0.479 e. The molecular formula is C10H14N2O3. The lowest BCUT2D eigenvalue weighted by atomic mass is 10.2. The van der Waals surface area contributed by atoms with E-state index in [9.17, 15) is 9.59 Å². The fraction of sp³-hybridized carbons (Fsp3) is 0.500. The lowest BCUT2D eigenvalue weighted by Crippen LogP contribution is -2.43. The van der Waals surface area contributed by atoms with Crippen LogP contribution in [0.4, 0.5) is 0 Å². The minimum Gasteiger partial charge on any atom is -0.479 e. The third-order valence-corrected chi connectivity index (χ3v) is 2.38. The Hall–Kier alpha value is -1.65. The van der Waals surface area contributed by atoms with Crippen molar-refractivity contribution in [3.05, 3.63) is 12.7 Å². The van der Waals surface area contributed by atoms with Crippen molar-refractivity contribution in [2.75, 3.05) is 6.54 Å². The number of hydrogen-bond donors (Lipinski definition) is 2. The Morgan fingerprint density at radius 3 is 2.87 bits per heavy atom. The number of allylic oxidation sites excluding steroid dienone is 1. The first kappa shape index (κ1) is 11.4. The Morgan fingerprint density at radius 1 is 1.67 bits per heavy atom. The van der Waals surface area contributed by atoms with Gasteiger partial charge in [-0.2, -0.15) is 0 Å². The van der Waals surface area contributed by atoms with Gasteiger partial charge in [-0.3, -0.25) is 4.79 Å². The second-order valence-corrected chi connectivity index (χ2v) is 3.43. The van der Waals surface area contributed by atoms with Crippen molar-refractivity contribution in [2.45, 2.75) is 25.3 Å². The quantitative estimate of drug-likeness (QED) is 0.669. The zero-order valence-corrected chi connectivity index (χ0v) is 8.40. The number of rotatable bonds is 4. The second kappa shape index (κ2) is 4.72. The summed E-state index contributed by atoms with van der Waals surface area (Å²) in [6.07, 6.45) is 2.78. The Morgan fingerprint density at radius 2 is 2.33 bits per heavy atom. The van der Waals surface area contributed by atoms with E-state index in [1.54, 1.807) is 6.08 Å². The molecule has 0 aliphatic carbocycles. The van der Waals surface area contributed by atoms with Crippen LogP contribution in [0.15, 0.2) is 12.7 Å².